The third-order valence-electron chi connectivity index (χ3n) is 6.85. The van der Waals surface area contributed by atoms with Gasteiger partial charge in [0.05, 0.1) is 48.8 Å². The summed E-state index contributed by atoms with van der Waals surface area (Å²) in [5.41, 5.74) is 2.22. The van der Waals surface area contributed by atoms with E-state index in [1.54, 1.807) is 47.7 Å². The van der Waals surface area contributed by atoms with E-state index in [9.17, 15) is 0 Å². The SMILES string of the molecule is COc1ccc(Cl)cc1OCCCCCCCOc1cc(-c2cc(-c3cc(OC)c(OC)c(OC)c3)no2)ccc1OC. The summed E-state index contributed by atoms with van der Waals surface area (Å²) in [4.78, 5) is 0. The average Bonchev–Trinajstić information content (AvgIpc) is 3.53. The number of aromatic nitrogens is 1. The van der Waals surface area contributed by atoms with Gasteiger partial charge < -0.3 is 37.7 Å². The smallest absolute Gasteiger partial charge is 0.203 e. The van der Waals surface area contributed by atoms with Crippen LogP contribution in [-0.4, -0.2) is 53.9 Å². The maximum absolute atomic E-state index is 6.10. The van der Waals surface area contributed by atoms with E-state index in [1.807, 2.05) is 42.5 Å². The van der Waals surface area contributed by atoms with Gasteiger partial charge in [0.2, 0.25) is 5.75 Å². The first kappa shape index (κ1) is 31.7. The Labute approximate surface area is 257 Å². The lowest BCUT2D eigenvalue weighted by molar-refractivity contribution is 0.276. The van der Waals surface area contributed by atoms with Crippen molar-refractivity contribution < 1.29 is 37.7 Å². The Kier molecular flexibility index (Phi) is 11.7. The molecule has 0 atom stereocenters. The van der Waals surface area contributed by atoms with Crippen molar-refractivity contribution in [3.05, 3.63) is 59.6 Å². The highest BCUT2D eigenvalue weighted by molar-refractivity contribution is 6.30. The van der Waals surface area contributed by atoms with E-state index < -0.39 is 0 Å². The van der Waals surface area contributed by atoms with Gasteiger partial charge in [0, 0.05) is 28.3 Å². The lowest BCUT2D eigenvalue weighted by Gasteiger charge is -2.13. The van der Waals surface area contributed by atoms with Crippen LogP contribution in [0.3, 0.4) is 0 Å². The summed E-state index contributed by atoms with van der Waals surface area (Å²) in [6.07, 6.45) is 5.05. The van der Waals surface area contributed by atoms with Gasteiger partial charge in [0.1, 0.15) is 5.69 Å². The molecule has 1 aromatic heterocycles. The maximum atomic E-state index is 6.10. The third-order valence-corrected chi connectivity index (χ3v) is 7.08. The Balaban J connectivity index is 1.28. The van der Waals surface area contributed by atoms with E-state index in [1.165, 1.54) is 0 Å². The van der Waals surface area contributed by atoms with E-state index in [4.69, 9.17) is 49.3 Å². The van der Waals surface area contributed by atoms with Crippen LogP contribution in [0.2, 0.25) is 5.02 Å². The van der Waals surface area contributed by atoms with Gasteiger partial charge in [-0.25, -0.2) is 0 Å². The number of halogens is 1. The Morgan fingerprint density at radius 1 is 0.558 bits per heavy atom. The summed E-state index contributed by atoms with van der Waals surface area (Å²) < 4.78 is 44.9. The number of hydrogen-bond donors (Lipinski definition) is 0. The quantitative estimate of drug-likeness (QED) is 0.110. The average molecular weight is 612 g/mol. The van der Waals surface area contributed by atoms with Gasteiger partial charge in [-0.05, 0) is 55.3 Å². The molecule has 10 heteroatoms. The topological polar surface area (TPSA) is 90.6 Å². The normalized spacial score (nSPS) is 10.7. The zero-order valence-corrected chi connectivity index (χ0v) is 26.0. The minimum Gasteiger partial charge on any atom is -0.493 e. The minimum atomic E-state index is 0.512. The van der Waals surface area contributed by atoms with Crippen LogP contribution in [0.1, 0.15) is 32.1 Å². The van der Waals surface area contributed by atoms with Crippen LogP contribution >= 0.6 is 11.6 Å². The van der Waals surface area contributed by atoms with Crippen molar-refractivity contribution in [2.45, 2.75) is 32.1 Å². The second kappa shape index (κ2) is 15.8. The lowest BCUT2D eigenvalue weighted by atomic mass is 10.1. The highest BCUT2D eigenvalue weighted by atomic mass is 35.5. The molecule has 9 nitrogen and oxygen atoms in total. The van der Waals surface area contributed by atoms with E-state index >= 15 is 0 Å². The molecule has 0 bridgehead atoms. The second-order valence-corrected chi connectivity index (χ2v) is 10.1. The zero-order valence-electron chi connectivity index (χ0n) is 25.2. The Morgan fingerprint density at radius 2 is 1.09 bits per heavy atom. The molecule has 0 aliphatic carbocycles. The van der Waals surface area contributed by atoms with Crippen LogP contribution in [-0.2, 0) is 0 Å². The molecule has 0 aliphatic heterocycles. The number of unbranched alkanes of at least 4 members (excludes halogenated alkanes) is 4. The van der Waals surface area contributed by atoms with Gasteiger partial charge in [0.15, 0.2) is 40.3 Å². The predicted molar refractivity (Wildman–Crippen MR) is 166 cm³/mol. The lowest BCUT2D eigenvalue weighted by Crippen LogP contribution is -2.01. The Morgan fingerprint density at radius 3 is 1.67 bits per heavy atom. The molecule has 43 heavy (non-hydrogen) atoms. The van der Waals surface area contributed by atoms with Crippen molar-refractivity contribution in [3.8, 4) is 62.8 Å². The molecule has 0 amide bonds. The van der Waals surface area contributed by atoms with E-state index in [2.05, 4.69) is 5.16 Å². The van der Waals surface area contributed by atoms with E-state index in [-0.39, 0.29) is 0 Å². The van der Waals surface area contributed by atoms with Gasteiger partial charge in [-0.1, -0.05) is 36.0 Å². The Bertz CT molecular complexity index is 1450. The fourth-order valence-electron chi connectivity index (χ4n) is 4.58. The largest absolute Gasteiger partial charge is 0.493 e. The van der Waals surface area contributed by atoms with Crippen molar-refractivity contribution in [1.29, 1.82) is 0 Å². The first-order valence-corrected chi connectivity index (χ1v) is 14.4. The first-order valence-electron chi connectivity index (χ1n) is 14.1. The Hall–Kier alpha value is -4.24. The van der Waals surface area contributed by atoms with Gasteiger partial charge in [-0.2, -0.15) is 0 Å². The van der Waals surface area contributed by atoms with Gasteiger partial charge >= 0.3 is 0 Å². The summed E-state index contributed by atoms with van der Waals surface area (Å²) in [5, 5.41) is 4.89. The number of hydrogen-bond acceptors (Lipinski definition) is 9. The van der Waals surface area contributed by atoms with E-state index in [0.717, 1.165) is 43.2 Å². The van der Waals surface area contributed by atoms with Crippen LogP contribution < -0.4 is 33.2 Å². The van der Waals surface area contributed by atoms with Crippen molar-refractivity contribution in [2.75, 3.05) is 48.8 Å². The summed E-state index contributed by atoms with van der Waals surface area (Å²) in [6, 6.07) is 16.6. The van der Waals surface area contributed by atoms with Crippen molar-refractivity contribution >= 4 is 11.6 Å². The number of methoxy groups -OCH3 is 5. The molecule has 1 heterocycles. The van der Waals surface area contributed by atoms with Gasteiger partial charge in [-0.15, -0.1) is 0 Å². The summed E-state index contributed by atoms with van der Waals surface area (Å²) in [6.45, 7) is 1.18. The molecule has 0 spiro atoms. The molecule has 0 radical (unpaired) electrons. The number of ether oxygens (including phenoxy) is 7. The fourth-order valence-corrected chi connectivity index (χ4v) is 4.74. The van der Waals surface area contributed by atoms with Crippen molar-refractivity contribution in [3.63, 3.8) is 0 Å². The van der Waals surface area contributed by atoms with Crippen molar-refractivity contribution in [2.24, 2.45) is 0 Å². The summed E-state index contributed by atoms with van der Waals surface area (Å²) in [7, 11) is 7.96. The first-order chi connectivity index (χ1) is 21.0. The van der Waals surface area contributed by atoms with Crippen molar-refractivity contribution in [1.82, 2.24) is 5.16 Å². The molecule has 0 unspecified atom stereocenters. The molecular weight excluding hydrogens is 574 g/mol. The molecule has 3 aromatic carbocycles. The van der Waals surface area contributed by atoms with Gasteiger partial charge in [-0.3, -0.25) is 0 Å². The molecule has 0 fully saturated rings. The molecule has 0 saturated heterocycles. The summed E-state index contributed by atoms with van der Waals surface area (Å²) >= 11 is 6.07. The van der Waals surface area contributed by atoms with Crippen LogP contribution in [0, 0.1) is 0 Å². The molecular formula is C33H38ClNO8. The van der Waals surface area contributed by atoms with Crippen LogP contribution in [0.5, 0.6) is 40.2 Å². The summed E-state index contributed by atoms with van der Waals surface area (Å²) in [5.74, 6) is 4.83. The van der Waals surface area contributed by atoms with Crippen LogP contribution in [0.25, 0.3) is 22.6 Å². The molecule has 4 aromatic rings. The third kappa shape index (κ3) is 8.20. The fraction of sp³-hybridized carbons (Fsp3) is 0.364. The molecule has 0 aliphatic rings. The predicted octanol–water partition coefficient (Wildman–Crippen LogP) is 8.11. The standard InChI is InChI=1S/C33H38ClNO8/c1-36-26-13-11-22(28-21-25(35-43-28)23-18-31(38-3)33(40-5)32(19-23)39-4)17-29(26)41-15-9-7-6-8-10-16-42-30-20-24(34)12-14-27(30)37-2/h11-14,17-21H,6-10,15-16H2,1-5H3. The van der Waals surface area contributed by atoms with Crippen LogP contribution in [0.4, 0.5) is 0 Å². The maximum Gasteiger partial charge on any atom is 0.203 e. The van der Waals surface area contributed by atoms with E-state index in [0.29, 0.717) is 69.9 Å². The molecule has 0 N–H and O–H groups in total. The highest BCUT2D eigenvalue weighted by Crippen LogP contribution is 2.42. The number of benzene rings is 3. The second-order valence-electron chi connectivity index (χ2n) is 9.62. The highest BCUT2D eigenvalue weighted by Gasteiger charge is 2.18. The number of rotatable bonds is 17. The monoisotopic (exact) mass is 611 g/mol. The minimum absolute atomic E-state index is 0.512. The van der Waals surface area contributed by atoms with Crippen LogP contribution in [0.15, 0.2) is 59.1 Å². The van der Waals surface area contributed by atoms with Gasteiger partial charge in [0.25, 0.3) is 0 Å². The molecule has 0 saturated carbocycles. The molecule has 4 rings (SSSR count). The zero-order chi connectivity index (χ0) is 30.6. The number of nitrogens with zero attached hydrogens (tertiary/aromatic N) is 1. The molecule has 230 valence electrons.